The number of rotatable bonds is 1. The Labute approximate surface area is 145 Å². The average Bonchev–Trinajstić information content (AvgIpc) is 3.17. The van der Waals surface area contributed by atoms with E-state index < -0.39 is 0 Å². The standard InChI is InChI=1S/C21H19N3O/c1-13-20(15-7-3-5-9-18(15)22-13)21(25)24-11-10-19-16(12-24)14-6-2-4-8-17(14)23-19/h2-9,22-23H,10-12H2,1H3. The number of carbonyl (C=O) groups is 1. The zero-order chi connectivity index (χ0) is 17.0. The lowest BCUT2D eigenvalue weighted by Gasteiger charge is -2.27. The second-order valence-electron chi connectivity index (χ2n) is 6.77. The Morgan fingerprint density at radius 3 is 2.44 bits per heavy atom. The number of aromatic nitrogens is 2. The number of hydrogen-bond acceptors (Lipinski definition) is 1. The number of benzene rings is 2. The zero-order valence-corrected chi connectivity index (χ0v) is 14.1. The third-order valence-electron chi connectivity index (χ3n) is 5.28. The van der Waals surface area contributed by atoms with Crippen molar-refractivity contribution in [3.8, 4) is 0 Å². The number of fused-ring (bicyclic) bond motifs is 4. The van der Waals surface area contributed by atoms with Crippen molar-refractivity contribution in [1.29, 1.82) is 0 Å². The molecular formula is C21H19N3O. The van der Waals surface area contributed by atoms with Gasteiger partial charge in [-0.05, 0) is 19.1 Å². The van der Waals surface area contributed by atoms with Crippen LogP contribution in [0.25, 0.3) is 21.8 Å². The van der Waals surface area contributed by atoms with Crippen LogP contribution in [0.2, 0.25) is 0 Å². The first-order valence-electron chi connectivity index (χ1n) is 8.67. The van der Waals surface area contributed by atoms with Crippen LogP contribution in [-0.2, 0) is 13.0 Å². The molecule has 1 aliphatic rings. The van der Waals surface area contributed by atoms with Crippen LogP contribution in [0.4, 0.5) is 0 Å². The second-order valence-corrected chi connectivity index (χ2v) is 6.77. The summed E-state index contributed by atoms with van der Waals surface area (Å²) in [4.78, 5) is 22.1. The van der Waals surface area contributed by atoms with Crippen LogP contribution < -0.4 is 0 Å². The van der Waals surface area contributed by atoms with Gasteiger partial charge in [0.1, 0.15) is 0 Å². The van der Waals surface area contributed by atoms with Gasteiger partial charge in [-0.15, -0.1) is 0 Å². The first-order valence-corrected chi connectivity index (χ1v) is 8.67. The van der Waals surface area contributed by atoms with Gasteiger partial charge in [0, 0.05) is 58.3 Å². The first-order chi connectivity index (χ1) is 12.2. The van der Waals surface area contributed by atoms with Crippen LogP contribution in [0.1, 0.15) is 27.3 Å². The van der Waals surface area contributed by atoms with E-state index in [1.165, 1.54) is 16.6 Å². The lowest BCUT2D eigenvalue weighted by molar-refractivity contribution is 0.0736. The largest absolute Gasteiger partial charge is 0.358 e. The molecule has 0 saturated heterocycles. The summed E-state index contributed by atoms with van der Waals surface area (Å²) in [6.07, 6.45) is 0.872. The fraction of sp³-hybridized carbons (Fsp3) is 0.190. The molecule has 5 rings (SSSR count). The maximum atomic E-state index is 13.3. The van der Waals surface area contributed by atoms with E-state index in [0.29, 0.717) is 6.54 Å². The second kappa shape index (κ2) is 5.24. The maximum absolute atomic E-state index is 13.3. The minimum atomic E-state index is 0.117. The van der Waals surface area contributed by atoms with E-state index in [-0.39, 0.29) is 5.91 Å². The lowest BCUT2D eigenvalue weighted by atomic mass is 10.0. The molecule has 0 fully saturated rings. The van der Waals surface area contributed by atoms with Crippen LogP contribution in [0.15, 0.2) is 48.5 Å². The Bertz CT molecular complexity index is 1120. The number of aryl methyl sites for hydroxylation is 1. The smallest absolute Gasteiger partial charge is 0.256 e. The molecule has 0 saturated carbocycles. The summed E-state index contributed by atoms with van der Waals surface area (Å²) < 4.78 is 0. The van der Waals surface area contributed by atoms with Gasteiger partial charge in [-0.3, -0.25) is 4.79 Å². The average molecular weight is 329 g/mol. The van der Waals surface area contributed by atoms with E-state index in [4.69, 9.17) is 0 Å². The summed E-state index contributed by atoms with van der Waals surface area (Å²) in [7, 11) is 0. The Morgan fingerprint density at radius 1 is 0.960 bits per heavy atom. The summed E-state index contributed by atoms with van der Waals surface area (Å²) >= 11 is 0. The van der Waals surface area contributed by atoms with Crippen molar-refractivity contribution in [2.24, 2.45) is 0 Å². The van der Waals surface area contributed by atoms with Gasteiger partial charge in [0.2, 0.25) is 0 Å². The highest BCUT2D eigenvalue weighted by Crippen LogP contribution is 2.30. The third kappa shape index (κ3) is 2.10. The molecule has 2 N–H and O–H groups in total. The van der Waals surface area contributed by atoms with Gasteiger partial charge in [-0.2, -0.15) is 0 Å². The van der Waals surface area contributed by atoms with Gasteiger partial charge >= 0.3 is 0 Å². The van der Waals surface area contributed by atoms with Crippen LogP contribution in [0, 0.1) is 6.92 Å². The van der Waals surface area contributed by atoms with Crippen LogP contribution in [0.3, 0.4) is 0 Å². The van der Waals surface area contributed by atoms with Crippen LogP contribution in [-0.4, -0.2) is 27.3 Å². The Balaban J connectivity index is 1.56. The third-order valence-corrected chi connectivity index (χ3v) is 5.28. The fourth-order valence-electron chi connectivity index (χ4n) is 4.05. The molecule has 0 atom stereocenters. The summed E-state index contributed by atoms with van der Waals surface area (Å²) in [5.74, 6) is 0.117. The molecule has 0 aliphatic carbocycles. The molecule has 2 aromatic heterocycles. The molecule has 1 amide bonds. The van der Waals surface area contributed by atoms with E-state index in [1.54, 1.807) is 0 Å². The fourth-order valence-corrected chi connectivity index (χ4v) is 4.05. The molecule has 4 aromatic rings. The van der Waals surface area contributed by atoms with Crippen molar-refractivity contribution in [3.05, 3.63) is 71.0 Å². The number of aromatic amines is 2. The minimum Gasteiger partial charge on any atom is -0.358 e. The number of amides is 1. The lowest BCUT2D eigenvalue weighted by Crippen LogP contribution is -2.36. The molecule has 25 heavy (non-hydrogen) atoms. The monoisotopic (exact) mass is 329 g/mol. The molecule has 0 bridgehead atoms. The Kier molecular flexibility index (Phi) is 3.01. The number of hydrogen-bond donors (Lipinski definition) is 2. The summed E-state index contributed by atoms with van der Waals surface area (Å²) in [6, 6.07) is 16.4. The predicted octanol–water partition coefficient (Wildman–Crippen LogP) is 4.16. The zero-order valence-electron chi connectivity index (χ0n) is 14.1. The van der Waals surface area contributed by atoms with E-state index in [1.807, 2.05) is 42.2 Å². The van der Waals surface area contributed by atoms with Crippen molar-refractivity contribution in [2.45, 2.75) is 19.9 Å². The predicted molar refractivity (Wildman–Crippen MR) is 99.8 cm³/mol. The molecule has 4 heteroatoms. The van der Waals surface area contributed by atoms with Gasteiger partial charge < -0.3 is 14.9 Å². The summed E-state index contributed by atoms with van der Waals surface area (Å²) in [6.45, 7) is 3.39. The molecule has 0 spiro atoms. The number of para-hydroxylation sites is 2. The van der Waals surface area contributed by atoms with Crippen molar-refractivity contribution in [2.75, 3.05) is 6.54 Å². The van der Waals surface area contributed by atoms with Gasteiger partial charge in [-0.25, -0.2) is 0 Å². The molecule has 0 radical (unpaired) electrons. The summed E-state index contributed by atoms with van der Waals surface area (Å²) in [5.41, 5.74) is 6.45. The number of H-pyrrole nitrogens is 2. The molecule has 0 unspecified atom stereocenters. The highest BCUT2D eigenvalue weighted by Gasteiger charge is 2.27. The Hall–Kier alpha value is -3.01. The molecule has 3 heterocycles. The van der Waals surface area contributed by atoms with Crippen molar-refractivity contribution in [1.82, 2.24) is 14.9 Å². The SMILES string of the molecule is Cc1[nH]c2ccccc2c1C(=O)N1CCc2[nH]c3ccccc3c2C1. The topological polar surface area (TPSA) is 51.9 Å². The molecule has 1 aliphatic heterocycles. The highest BCUT2D eigenvalue weighted by molar-refractivity contribution is 6.08. The number of nitrogens with zero attached hydrogens (tertiary/aromatic N) is 1. The van der Waals surface area contributed by atoms with Gasteiger partial charge in [0.15, 0.2) is 0 Å². The highest BCUT2D eigenvalue weighted by atomic mass is 16.2. The van der Waals surface area contributed by atoms with Gasteiger partial charge in [0.25, 0.3) is 5.91 Å². The molecule has 124 valence electrons. The number of nitrogens with one attached hydrogen (secondary N) is 2. The van der Waals surface area contributed by atoms with E-state index in [2.05, 4.69) is 28.2 Å². The van der Waals surface area contributed by atoms with Crippen molar-refractivity contribution in [3.63, 3.8) is 0 Å². The Morgan fingerprint density at radius 2 is 1.64 bits per heavy atom. The summed E-state index contributed by atoms with van der Waals surface area (Å²) in [5, 5.41) is 2.24. The maximum Gasteiger partial charge on any atom is 0.256 e. The molecule has 2 aromatic carbocycles. The van der Waals surface area contributed by atoms with Crippen molar-refractivity contribution < 1.29 is 4.79 Å². The van der Waals surface area contributed by atoms with Crippen molar-refractivity contribution >= 4 is 27.7 Å². The number of carbonyl (C=O) groups excluding carboxylic acids is 1. The minimum absolute atomic E-state index is 0.117. The molecule has 4 nitrogen and oxygen atoms in total. The van der Waals surface area contributed by atoms with E-state index in [0.717, 1.165) is 40.6 Å². The van der Waals surface area contributed by atoms with Gasteiger partial charge in [-0.1, -0.05) is 36.4 Å². The van der Waals surface area contributed by atoms with E-state index >= 15 is 0 Å². The quantitative estimate of drug-likeness (QED) is 0.541. The molecular weight excluding hydrogens is 310 g/mol. The van der Waals surface area contributed by atoms with Crippen LogP contribution >= 0.6 is 0 Å². The normalized spacial score (nSPS) is 14.2. The van der Waals surface area contributed by atoms with Gasteiger partial charge in [0.05, 0.1) is 5.56 Å². The van der Waals surface area contributed by atoms with Crippen LogP contribution in [0.5, 0.6) is 0 Å². The first kappa shape index (κ1) is 14.3. The van der Waals surface area contributed by atoms with E-state index in [9.17, 15) is 4.79 Å².